The van der Waals surface area contributed by atoms with E-state index in [1.165, 1.54) is 6.92 Å². The summed E-state index contributed by atoms with van der Waals surface area (Å²) in [5, 5.41) is 128. The molecule has 0 aromatic heterocycles. The van der Waals surface area contributed by atoms with E-state index in [1.807, 2.05) is 14.7 Å². The number of hydrogen-bond donors (Lipinski definition) is 19. The molecule has 37 nitrogen and oxygen atoms in total. The van der Waals surface area contributed by atoms with Crippen molar-refractivity contribution in [1.29, 1.82) is 0 Å². The SMILES string of the molecule is CC(=O)NC1C(OCCCCC(=O)NCCCCCC(=O)N2CCC(C(CCC(=O)NCCCCCC(=O)N3CC4=C(C3)CC(CO)(CO)C4)(CNC(=O)CCCCCNC(=O)CCCCOC3OC(CO)C(O)C(O)C3N)C3CCN(C(=O)CCCCCNC(=O)CCCCOC4OC(CO)C(O)C(O)C4N)CC3)CC2)OC(CO)C(O)C1O. The molecule has 0 aromatic rings. The van der Waals surface area contributed by atoms with Crippen molar-refractivity contribution in [2.75, 3.05) is 125 Å². The first-order valence-electron chi connectivity index (χ1n) is 44.3. The first-order chi connectivity index (χ1) is 57.7. The van der Waals surface area contributed by atoms with Crippen molar-refractivity contribution in [3.63, 3.8) is 0 Å². The summed E-state index contributed by atoms with van der Waals surface area (Å²) in [5.74, 6) is -1.16. The van der Waals surface area contributed by atoms with Crippen LogP contribution in [0.1, 0.15) is 219 Å². The van der Waals surface area contributed by atoms with Crippen molar-refractivity contribution in [2.45, 2.75) is 311 Å². The van der Waals surface area contributed by atoms with Crippen molar-refractivity contribution >= 4 is 53.2 Å². The van der Waals surface area contributed by atoms with Crippen LogP contribution in [0.3, 0.4) is 0 Å². The molecule has 0 radical (unpaired) electrons. The number of unbranched alkanes of at least 4 members (excludes halogenated alkanes) is 11. The molecule has 0 aromatic carbocycles. The fraction of sp³-hybridized carbons (Fsp3) is 0.867. The van der Waals surface area contributed by atoms with Crippen molar-refractivity contribution in [2.24, 2.45) is 34.1 Å². The summed E-state index contributed by atoms with van der Waals surface area (Å²) in [6.45, 7) is 4.74. The van der Waals surface area contributed by atoms with Crippen molar-refractivity contribution in [1.82, 2.24) is 46.6 Å². The number of nitrogens with two attached hydrogens (primary N) is 2. The molecule has 0 saturated carbocycles. The summed E-state index contributed by atoms with van der Waals surface area (Å²) in [6, 6.07) is -3.10. The van der Waals surface area contributed by atoms with Gasteiger partial charge in [0.25, 0.3) is 0 Å². The number of likely N-dealkylation sites (tertiary alicyclic amines) is 3. The van der Waals surface area contributed by atoms with Gasteiger partial charge in [0.15, 0.2) is 18.9 Å². The Hall–Kier alpha value is -5.79. The number of hydrogen-bond acceptors (Lipinski definition) is 28. The number of carbonyl (C=O) groups is 9. The van der Waals surface area contributed by atoms with E-state index in [0.717, 1.165) is 11.1 Å². The van der Waals surface area contributed by atoms with Gasteiger partial charge in [-0.25, -0.2) is 0 Å². The lowest BCUT2D eigenvalue weighted by Crippen LogP contribution is -2.64. The Bertz CT molecular complexity index is 3120. The number of aliphatic hydroxyl groups is 11. The van der Waals surface area contributed by atoms with Gasteiger partial charge in [0.2, 0.25) is 53.2 Å². The molecule has 120 heavy (non-hydrogen) atoms. The molecular formula is C83H145N11O26. The Balaban J connectivity index is 0.900. The summed E-state index contributed by atoms with van der Waals surface area (Å²) in [7, 11) is 0. The second kappa shape index (κ2) is 53.5. The van der Waals surface area contributed by atoms with Crippen LogP contribution in [0.4, 0.5) is 0 Å². The molecule has 0 bridgehead atoms. The maximum Gasteiger partial charge on any atom is 0.223 e. The summed E-state index contributed by atoms with van der Waals surface area (Å²) >= 11 is 0. The van der Waals surface area contributed by atoms with E-state index in [4.69, 9.17) is 39.9 Å². The maximum atomic E-state index is 14.2. The average Bonchev–Trinajstić information content (AvgIpc) is 1.30. The predicted octanol–water partition coefficient (Wildman–Crippen LogP) is -2.01. The van der Waals surface area contributed by atoms with E-state index in [1.54, 1.807) is 0 Å². The third kappa shape index (κ3) is 32.0. The first-order valence-corrected chi connectivity index (χ1v) is 44.3. The Kier molecular flexibility index (Phi) is 45.2. The number of nitrogens with zero attached hydrogens (tertiary/aromatic N) is 3. The minimum atomic E-state index is -1.44. The van der Waals surface area contributed by atoms with Gasteiger partial charge in [-0.2, -0.15) is 0 Å². The molecule has 5 saturated heterocycles. The van der Waals surface area contributed by atoms with E-state index >= 15 is 0 Å². The van der Waals surface area contributed by atoms with Crippen LogP contribution in [0.5, 0.6) is 0 Å². The van der Waals surface area contributed by atoms with Crippen LogP contribution in [-0.2, 0) is 71.6 Å². The number of carbonyl (C=O) groups excluding carboxylic acids is 9. The van der Waals surface area contributed by atoms with Crippen LogP contribution in [0.15, 0.2) is 11.1 Å². The van der Waals surface area contributed by atoms with Crippen LogP contribution in [0.25, 0.3) is 0 Å². The maximum absolute atomic E-state index is 14.2. The highest BCUT2D eigenvalue weighted by Crippen LogP contribution is 2.50. The molecule has 5 fully saturated rings. The summed E-state index contributed by atoms with van der Waals surface area (Å²) in [5.41, 5.74) is 13.0. The van der Waals surface area contributed by atoms with E-state index < -0.39 is 128 Å². The molecule has 37 heteroatoms. The standard InChI is InChI=1S/C83H145N11O26/c1-54(100)91-72-78(114)75(111)61(50-97)120-81(72)117-43-19-12-23-64(103)88-35-15-4-8-25-68(107)93-39-30-58(31-40-93)83(32-27-66(105)89-36-16-5-9-26-69(108)94-46-55-44-82(52-98,53-99)45-56(55)47-94,51-90-65(104)20-6-2-13-33-86-62(101)21-10-17-41-115-79-70(84)76(112)73(109)59(48-95)118-79)57-28-37-92(38-29-57)67(106)24-7-3-14-34-87-63(102)22-11-18-42-116-80-71(85)77(113)74(110)60(49-96)119-80/h57-61,70-81,95-99,109-114H,2-53,84-85H2,1H3,(H,86,101)(H,87,102)(H,88,103)(H,89,105)(H,90,104)(H,91,100). The lowest BCUT2D eigenvalue weighted by atomic mass is 9.58. The Morgan fingerprint density at radius 3 is 1.10 bits per heavy atom. The number of rotatable bonds is 55. The fourth-order valence-electron chi connectivity index (χ4n) is 17.7. The van der Waals surface area contributed by atoms with Crippen LogP contribution in [0.2, 0.25) is 0 Å². The van der Waals surface area contributed by atoms with Crippen molar-refractivity contribution in [3.8, 4) is 0 Å². The second-order valence-electron chi connectivity index (χ2n) is 34.1. The fourth-order valence-corrected chi connectivity index (χ4v) is 17.7. The monoisotopic (exact) mass is 1710 g/mol. The highest BCUT2D eigenvalue weighted by atomic mass is 16.7. The summed E-state index contributed by atoms with van der Waals surface area (Å²) in [4.78, 5) is 125. The van der Waals surface area contributed by atoms with Crippen molar-refractivity contribution in [3.05, 3.63) is 11.1 Å². The Morgan fingerprint density at radius 2 is 0.733 bits per heavy atom. The molecule has 688 valence electrons. The van der Waals surface area contributed by atoms with E-state index in [-0.39, 0.29) is 131 Å². The smallest absolute Gasteiger partial charge is 0.223 e. The first kappa shape index (κ1) is 101. The largest absolute Gasteiger partial charge is 0.396 e. The Morgan fingerprint density at radius 1 is 0.408 bits per heavy atom. The van der Waals surface area contributed by atoms with Crippen LogP contribution < -0.4 is 43.4 Å². The molecule has 6 aliphatic heterocycles. The molecule has 16 atom stereocenters. The second-order valence-corrected chi connectivity index (χ2v) is 34.1. The molecule has 1 aliphatic carbocycles. The van der Waals surface area contributed by atoms with E-state index in [9.17, 15) is 99.3 Å². The van der Waals surface area contributed by atoms with Gasteiger partial charge in [-0.1, -0.05) is 25.7 Å². The third-order valence-electron chi connectivity index (χ3n) is 25.1. The summed E-state index contributed by atoms with van der Waals surface area (Å²) in [6.07, 6.45) is 2.21. The Labute approximate surface area is 705 Å². The highest BCUT2D eigenvalue weighted by Gasteiger charge is 2.50. The van der Waals surface area contributed by atoms with Gasteiger partial charge in [0, 0.05) is 156 Å². The normalized spacial score (nSPS) is 27.1. The molecule has 7 rings (SSSR count). The molecule has 6 heterocycles. The molecule has 16 unspecified atom stereocenters. The zero-order chi connectivity index (χ0) is 87.2. The minimum Gasteiger partial charge on any atom is -0.396 e. The molecular weight excluding hydrogens is 1570 g/mol. The average molecular weight is 1710 g/mol. The third-order valence-corrected chi connectivity index (χ3v) is 25.1. The van der Waals surface area contributed by atoms with Crippen LogP contribution in [0, 0.1) is 22.7 Å². The van der Waals surface area contributed by atoms with Gasteiger partial charge in [0.1, 0.15) is 61.0 Å². The van der Waals surface area contributed by atoms with Gasteiger partial charge in [-0.05, 0) is 163 Å². The summed E-state index contributed by atoms with van der Waals surface area (Å²) < 4.78 is 33.7. The topological polar surface area (TPSA) is 565 Å². The van der Waals surface area contributed by atoms with E-state index in [0.29, 0.717) is 245 Å². The lowest BCUT2D eigenvalue weighted by molar-refractivity contribution is -0.270. The number of amides is 9. The predicted molar refractivity (Wildman–Crippen MR) is 435 cm³/mol. The number of aliphatic hydroxyl groups excluding tert-OH is 11. The molecule has 7 aliphatic rings. The molecule has 9 amide bonds. The molecule has 0 spiro atoms. The van der Waals surface area contributed by atoms with Gasteiger partial charge in [0.05, 0.1) is 45.1 Å². The van der Waals surface area contributed by atoms with Gasteiger partial charge >= 0.3 is 0 Å². The van der Waals surface area contributed by atoms with Crippen LogP contribution in [-0.4, -0.2) is 341 Å². The van der Waals surface area contributed by atoms with E-state index in [2.05, 4.69) is 31.9 Å². The lowest BCUT2D eigenvalue weighted by Gasteiger charge is -2.52. The van der Waals surface area contributed by atoms with Crippen LogP contribution >= 0.6 is 0 Å². The minimum absolute atomic E-state index is 0.0158. The highest BCUT2D eigenvalue weighted by molar-refractivity contribution is 5.79. The quantitative estimate of drug-likeness (QED) is 0.0231. The number of ether oxygens (including phenoxy) is 6. The van der Waals surface area contributed by atoms with Crippen molar-refractivity contribution < 1.29 is 128 Å². The van der Waals surface area contributed by atoms with Gasteiger partial charge in [-0.15, -0.1) is 0 Å². The number of nitrogens with one attached hydrogen (secondary N) is 6. The zero-order valence-corrected chi connectivity index (χ0v) is 70.6. The zero-order valence-electron chi connectivity index (χ0n) is 70.6. The number of piperidine rings is 2. The van der Waals surface area contributed by atoms with Gasteiger partial charge in [-0.3, -0.25) is 43.2 Å². The van der Waals surface area contributed by atoms with Gasteiger partial charge < -0.3 is 143 Å². The molecule has 21 N–H and O–H groups in total.